The van der Waals surface area contributed by atoms with Gasteiger partial charge in [-0.1, -0.05) is 12.1 Å². The molecular formula is C15H18FNO5. The fourth-order valence-electron chi connectivity index (χ4n) is 2.92. The molecule has 0 aromatic heterocycles. The Kier molecular flexibility index (Phi) is 4.77. The van der Waals surface area contributed by atoms with Crippen molar-refractivity contribution < 1.29 is 29.3 Å². The number of aliphatic hydroxyl groups excluding tert-OH is 1. The Labute approximate surface area is 126 Å². The number of rotatable bonds is 5. The van der Waals surface area contributed by atoms with Crippen LogP contribution in [-0.4, -0.2) is 57.9 Å². The fraction of sp³-hybridized carbons (Fsp3) is 0.467. The Morgan fingerprint density at radius 1 is 1.27 bits per heavy atom. The zero-order chi connectivity index (χ0) is 16.3. The quantitative estimate of drug-likeness (QED) is 0.736. The number of carboxylic acids is 2. The van der Waals surface area contributed by atoms with Gasteiger partial charge < -0.3 is 15.3 Å². The number of carbonyl (C=O) groups is 2. The molecule has 22 heavy (non-hydrogen) atoms. The largest absolute Gasteiger partial charge is 0.481 e. The second-order valence-electron chi connectivity index (χ2n) is 5.67. The molecular weight excluding hydrogens is 293 g/mol. The van der Waals surface area contributed by atoms with Crippen molar-refractivity contribution >= 4 is 11.9 Å². The number of likely N-dealkylation sites (tertiary alicyclic amines) is 1. The van der Waals surface area contributed by atoms with E-state index in [4.69, 9.17) is 5.11 Å². The molecule has 7 heteroatoms. The first-order chi connectivity index (χ1) is 10.3. The molecule has 0 saturated carbocycles. The van der Waals surface area contributed by atoms with Crippen LogP contribution in [0.5, 0.6) is 0 Å². The lowest BCUT2D eigenvalue weighted by molar-refractivity contribution is -0.165. The number of aliphatic hydroxyl groups is 1. The average molecular weight is 311 g/mol. The molecule has 2 rings (SSSR count). The molecule has 1 aromatic rings. The molecule has 1 saturated heterocycles. The molecule has 3 N–H and O–H groups in total. The highest BCUT2D eigenvalue weighted by atomic mass is 19.1. The zero-order valence-electron chi connectivity index (χ0n) is 11.9. The number of carboxylic acid groups (broad SMARTS) is 2. The lowest BCUT2D eigenvalue weighted by atomic mass is 9.73. The van der Waals surface area contributed by atoms with Gasteiger partial charge in [0, 0.05) is 13.1 Å². The molecule has 0 radical (unpaired) electrons. The molecule has 0 spiro atoms. The van der Waals surface area contributed by atoms with Crippen molar-refractivity contribution in [1.29, 1.82) is 0 Å². The minimum atomic E-state index is -1.49. The second-order valence-corrected chi connectivity index (χ2v) is 5.67. The molecule has 0 aliphatic carbocycles. The maximum atomic E-state index is 13.0. The summed E-state index contributed by atoms with van der Waals surface area (Å²) in [5.41, 5.74) is -0.911. The predicted octanol–water partition coefficient (Wildman–Crippen LogP) is 0.590. The zero-order valence-corrected chi connectivity index (χ0v) is 11.9. The molecule has 0 bridgehead atoms. The maximum Gasteiger partial charge on any atom is 0.317 e. The van der Waals surface area contributed by atoms with Crippen LogP contribution in [0.2, 0.25) is 0 Å². The summed E-state index contributed by atoms with van der Waals surface area (Å²) in [6.07, 6.45) is -0.888. The van der Waals surface area contributed by atoms with Gasteiger partial charge in [0.2, 0.25) is 0 Å². The van der Waals surface area contributed by atoms with Crippen molar-refractivity contribution in [2.45, 2.75) is 18.9 Å². The minimum Gasteiger partial charge on any atom is -0.481 e. The molecule has 1 aliphatic heterocycles. The van der Waals surface area contributed by atoms with Gasteiger partial charge in [-0.15, -0.1) is 0 Å². The number of aliphatic carboxylic acids is 2. The van der Waals surface area contributed by atoms with E-state index < -0.39 is 29.3 Å². The first kappa shape index (κ1) is 16.4. The van der Waals surface area contributed by atoms with E-state index in [1.54, 1.807) is 0 Å². The van der Waals surface area contributed by atoms with Gasteiger partial charge in [0.25, 0.3) is 0 Å². The summed E-state index contributed by atoms with van der Waals surface area (Å²) in [6.45, 7) is -0.00966. The number of halogens is 1. The molecule has 0 unspecified atom stereocenters. The van der Waals surface area contributed by atoms with E-state index in [1.165, 1.54) is 29.2 Å². The van der Waals surface area contributed by atoms with Crippen LogP contribution >= 0.6 is 0 Å². The SMILES string of the molecule is O=C(O)CN1CC[C@@H](O)[C@](Cc2ccc(F)cc2)(C(=O)O)C1. The van der Waals surface area contributed by atoms with Crippen molar-refractivity contribution in [2.24, 2.45) is 5.41 Å². The third kappa shape index (κ3) is 3.42. The van der Waals surface area contributed by atoms with Crippen molar-refractivity contribution in [3.05, 3.63) is 35.6 Å². The number of hydrogen-bond acceptors (Lipinski definition) is 4. The Balaban J connectivity index is 2.26. The van der Waals surface area contributed by atoms with E-state index in [0.717, 1.165) is 0 Å². The Bertz CT molecular complexity index is 562. The van der Waals surface area contributed by atoms with Crippen LogP contribution in [0.4, 0.5) is 4.39 Å². The number of piperidine rings is 1. The number of hydrogen-bond donors (Lipinski definition) is 3. The summed E-state index contributed by atoms with van der Waals surface area (Å²) in [4.78, 5) is 24.1. The number of benzene rings is 1. The van der Waals surface area contributed by atoms with E-state index in [2.05, 4.69) is 0 Å². The van der Waals surface area contributed by atoms with E-state index >= 15 is 0 Å². The highest BCUT2D eigenvalue weighted by molar-refractivity contribution is 5.77. The van der Waals surface area contributed by atoms with Gasteiger partial charge in [0.15, 0.2) is 0 Å². The lowest BCUT2D eigenvalue weighted by Crippen LogP contribution is -2.57. The Morgan fingerprint density at radius 3 is 2.45 bits per heavy atom. The first-order valence-electron chi connectivity index (χ1n) is 6.93. The van der Waals surface area contributed by atoms with Gasteiger partial charge >= 0.3 is 11.9 Å². The molecule has 1 fully saturated rings. The summed E-state index contributed by atoms with van der Waals surface area (Å²) >= 11 is 0. The minimum absolute atomic E-state index is 0.0138. The van der Waals surface area contributed by atoms with Gasteiger partial charge in [-0.25, -0.2) is 4.39 Å². The fourth-order valence-corrected chi connectivity index (χ4v) is 2.92. The third-order valence-electron chi connectivity index (χ3n) is 4.08. The van der Waals surface area contributed by atoms with Gasteiger partial charge in [0.05, 0.1) is 12.6 Å². The van der Waals surface area contributed by atoms with Crippen LogP contribution < -0.4 is 0 Å². The van der Waals surface area contributed by atoms with Crippen LogP contribution in [0.3, 0.4) is 0 Å². The van der Waals surface area contributed by atoms with Crippen molar-refractivity contribution in [3.8, 4) is 0 Å². The summed E-state index contributed by atoms with van der Waals surface area (Å²) in [5, 5.41) is 28.7. The van der Waals surface area contributed by atoms with E-state index in [0.29, 0.717) is 12.1 Å². The van der Waals surface area contributed by atoms with Crippen LogP contribution in [0.1, 0.15) is 12.0 Å². The summed E-state index contributed by atoms with van der Waals surface area (Å²) in [7, 11) is 0. The normalized spacial score (nSPS) is 25.8. The van der Waals surface area contributed by atoms with Crippen molar-refractivity contribution in [3.63, 3.8) is 0 Å². The topological polar surface area (TPSA) is 98.1 Å². The average Bonchev–Trinajstić information content (AvgIpc) is 2.44. The van der Waals surface area contributed by atoms with Gasteiger partial charge in [-0.05, 0) is 30.5 Å². The molecule has 1 aromatic carbocycles. The smallest absolute Gasteiger partial charge is 0.317 e. The van der Waals surface area contributed by atoms with E-state index in [9.17, 15) is 24.2 Å². The van der Waals surface area contributed by atoms with Crippen LogP contribution in [-0.2, 0) is 16.0 Å². The second kappa shape index (κ2) is 6.41. The van der Waals surface area contributed by atoms with Gasteiger partial charge in [-0.2, -0.15) is 0 Å². The van der Waals surface area contributed by atoms with Crippen LogP contribution in [0, 0.1) is 11.2 Å². The molecule has 0 amide bonds. The van der Waals surface area contributed by atoms with Crippen LogP contribution in [0.15, 0.2) is 24.3 Å². The Morgan fingerprint density at radius 2 is 1.91 bits per heavy atom. The number of nitrogens with zero attached hydrogens (tertiary/aromatic N) is 1. The molecule has 120 valence electrons. The van der Waals surface area contributed by atoms with E-state index in [1.807, 2.05) is 0 Å². The highest BCUT2D eigenvalue weighted by Crippen LogP contribution is 2.34. The van der Waals surface area contributed by atoms with Crippen molar-refractivity contribution in [2.75, 3.05) is 19.6 Å². The molecule has 1 heterocycles. The summed E-state index contributed by atoms with van der Waals surface area (Å²) in [6, 6.07) is 5.41. The summed E-state index contributed by atoms with van der Waals surface area (Å²) < 4.78 is 13.0. The van der Waals surface area contributed by atoms with Gasteiger partial charge in [0.1, 0.15) is 11.2 Å². The first-order valence-corrected chi connectivity index (χ1v) is 6.93. The highest BCUT2D eigenvalue weighted by Gasteiger charge is 2.49. The molecule has 2 atom stereocenters. The molecule has 1 aliphatic rings. The predicted molar refractivity (Wildman–Crippen MR) is 74.9 cm³/mol. The third-order valence-corrected chi connectivity index (χ3v) is 4.08. The van der Waals surface area contributed by atoms with Crippen LogP contribution in [0.25, 0.3) is 0 Å². The monoisotopic (exact) mass is 311 g/mol. The van der Waals surface area contributed by atoms with E-state index in [-0.39, 0.29) is 25.9 Å². The lowest BCUT2D eigenvalue weighted by Gasteiger charge is -2.43. The maximum absolute atomic E-state index is 13.0. The molecule has 6 nitrogen and oxygen atoms in total. The van der Waals surface area contributed by atoms with Gasteiger partial charge in [-0.3, -0.25) is 14.5 Å². The van der Waals surface area contributed by atoms with Crippen molar-refractivity contribution in [1.82, 2.24) is 4.90 Å². The summed E-state index contributed by atoms with van der Waals surface area (Å²) in [5.74, 6) is -2.65. The standard InChI is InChI=1S/C15H18FNO5/c16-11-3-1-10(2-4-11)7-15(14(21)22)9-17(8-13(19)20)6-5-12(15)18/h1-4,12,18H,5-9H2,(H,19,20)(H,21,22)/t12-,15-/m1/s1. The Hall–Kier alpha value is -1.99.